The van der Waals surface area contributed by atoms with Crippen molar-refractivity contribution in [2.24, 2.45) is 5.73 Å². The number of aryl methyl sites for hydroxylation is 1. The topological polar surface area (TPSA) is 46.3 Å². The molecule has 2 N–H and O–H groups in total. The van der Waals surface area contributed by atoms with Crippen molar-refractivity contribution in [2.75, 3.05) is 0 Å². The molecule has 0 radical (unpaired) electrons. The molecule has 3 heteroatoms. The van der Waals surface area contributed by atoms with Crippen LogP contribution in [0.5, 0.6) is 0 Å². The minimum absolute atomic E-state index is 0.189. The molecule has 2 aliphatic rings. The molecule has 1 aromatic rings. The van der Waals surface area contributed by atoms with Crippen molar-refractivity contribution in [2.45, 2.75) is 50.7 Å². The van der Waals surface area contributed by atoms with Crippen molar-refractivity contribution >= 4 is 5.91 Å². The van der Waals surface area contributed by atoms with Gasteiger partial charge in [-0.25, -0.2) is 0 Å². The van der Waals surface area contributed by atoms with Crippen molar-refractivity contribution in [3.8, 4) is 0 Å². The maximum Gasteiger partial charge on any atom is 0.254 e. The summed E-state index contributed by atoms with van der Waals surface area (Å²) in [5.41, 5.74) is 8.04. The molecule has 2 bridgehead atoms. The first-order chi connectivity index (χ1) is 8.65. The predicted octanol–water partition coefficient (Wildman–Crippen LogP) is 2.09. The van der Waals surface area contributed by atoms with Gasteiger partial charge in [0.05, 0.1) is 0 Å². The average molecular weight is 244 g/mol. The first-order valence-electron chi connectivity index (χ1n) is 6.80. The number of nitrogens with two attached hydrogens (primary N) is 1. The van der Waals surface area contributed by atoms with Gasteiger partial charge in [0, 0.05) is 23.7 Å². The van der Waals surface area contributed by atoms with Crippen LogP contribution in [-0.4, -0.2) is 28.9 Å². The third kappa shape index (κ3) is 1.93. The van der Waals surface area contributed by atoms with Gasteiger partial charge >= 0.3 is 0 Å². The van der Waals surface area contributed by atoms with Gasteiger partial charge in [-0.3, -0.25) is 4.79 Å². The third-order valence-electron chi connectivity index (χ3n) is 4.30. The molecule has 2 heterocycles. The summed E-state index contributed by atoms with van der Waals surface area (Å²) >= 11 is 0. The summed E-state index contributed by atoms with van der Waals surface area (Å²) in [6.07, 6.45) is 4.17. The van der Waals surface area contributed by atoms with E-state index < -0.39 is 0 Å². The minimum Gasteiger partial charge on any atom is -0.333 e. The van der Waals surface area contributed by atoms with Crippen LogP contribution in [0.15, 0.2) is 24.3 Å². The lowest BCUT2D eigenvalue weighted by atomic mass is 9.97. The van der Waals surface area contributed by atoms with E-state index in [9.17, 15) is 4.79 Å². The van der Waals surface area contributed by atoms with Crippen LogP contribution in [0.25, 0.3) is 0 Å². The molecular weight excluding hydrogens is 224 g/mol. The Hall–Kier alpha value is -1.35. The Bertz CT molecular complexity index is 440. The molecule has 1 aromatic carbocycles. The van der Waals surface area contributed by atoms with Crippen molar-refractivity contribution in [1.82, 2.24) is 4.90 Å². The number of carbonyl (C=O) groups is 1. The van der Waals surface area contributed by atoms with Gasteiger partial charge in [0.25, 0.3) is 5.91 Å². The zero-order chi connectivity index (χ0) is 12.7. The van der Waals surface area contributed by atoms with Crippen molar-refractivity contribution in [3.05, 3.63) is 35.4 Å². The minimum atomic E-state index is 0.189. The van der Waals surface area contributed by atoms with Crippen molar-refractivity contribution in [1.29, 1.82) is 0 Å². The second-order valence-electron chi connectivity index (χ2n) is 5.69. The monoisotopic (exact) mass is 244 g/mol. The molecule has 0 saturated carbocycles. The SMILES string of the molecule is Cc1ccc(C(=O)N2C3CCC2CC(N)C3)cc1. The van der Waals surface area contributed by atoms with Gasteiger partial charge in [-0.15, -0.1) is 0 Å². The third-order valence-corrected chi connectivity index (χ3v) is 4.30. The van der Waals surface area contributed by atoms with E-state index in [-0.39, 0.29) is 11.9 Å². The predicted molar refractivity (Wildman–Crippen MR) is 71.4 cm³/mol. The largest absolute Gasteiger partial charge is 0.333 e. The number of amides is 1. The lowest BCUT2D eigenvalue weighted by molar-refractivity contribution is 0.0575. The van der Waals surface area contributed by atoms with Gasteiger partial charge in [-0.1, -0.05) is 17.7 Å². The zero-order valence-electron chi connectivity index (χ0n) is 10.8. The van der Waals surface area contributed by atoms with Gasteiger partial charge < -0.3 is 10.6 Å². The van der Waals surface area contributed by atoms with Gasteiger partial charge in [-0.05, 0) is 44.7 Å². The van der Waals surface area contributed by atoms with Crippen LogP contribution in [0, 0.1) is 6.92 Å². The molecule has 2 saturated heterocycles. The summed E-state index contributed by atoms with van der Waals surface area (Å²) in [4.78, 5) is 14.7. The smallest absolute Gasteiger partial charge is 0.254 e. The summed E-state index contributed by atoms with van der Waals surface area (Å²) in [6, 6.07) is 8.90. The van der Waals surface area contributed by atoms with Crippen molar-refractivity contribution < 1.29 is 4.79 Å². The van der Waals surface area contributed by atoms with Crippen LogP contribution >= 0.6 is 0 Å². The van der Waals surface area contributed by atoms with Crippen LogP contribution in [0.1, 0.15) is 41.6 Å². The molecule has 96 valence electrons. The van der Waals surface area contributed by atoms with Crippen LogP contribution in [0.3, 0.4) is 0 Å². The first-order valence-corrected chi connectivity index (χ1v) is 6.80. The van der Waals surface area contributed by atoms with E-state index >= 15 is 0 Å². The highest BCUT2D eigenvalue weighted by molar-refractivity contribution is 5.95. The Balaban J connectivity index is 1.83. The molecule has 3 rings (SSSR count). The lowest BCUT2D eigenvalue weighted by Gasteiger charge is -2.37. The molecule has 2 atom stereocenters. The Labute approximate surface area is 108 Å². The average Bonchev–Trinajstić information content (AvgIpc) is 2.62. The van der Waals surface area contributed by atoms with Crippen molar-refractivity contribution in [3.63, 3.8) is 0 Å². The molecule has 0 spiro atoms. The van der Waals surface area contributed by atoms with E-state index in [1.54, 1.807) is 0 Å². The Morgan fingerprint density at radius 3 is 2.28 bits per heavy atom. The van der Waals surface area contributed by atoms with Crippen LogP contribution in [0.4, 0.5) is 0 Å². The molecule has 2 aliphatic heterocycles. The van der Waals surface area contributed by atoms with E-state index in [1.165, 1.54) is 5.56 Å². The maximum absolute atomic E-state index is 12.6. The number of piperidine rings is 1. The number of fused-ring (bicyclic) bond motifs is 2. The fourth-order valence-electron chi connectivity index (χ4n) is 3.40. The summed E-state index contributed by atoms with van der Waals surface area (Å²) < 4.78 is 0. The Morgan fingerprint density at radius 2 is 1.72 bits per heavy atom. The number of carbonyl (C=O) groups excluding carboxylic acids is 1. The van der Waals surface area contributed by atoms with E-state index in [4.69, 9.17) is 5.73 Å². The zero-order valence-corrected chi connectivity index (χ0v) is 10.8. The molecule has 1 amide bonds. The summed E-state index contributed by atoms with van der Waals surface area (Å²) in [7, 11) is 0. The summed E-state index contributed by atoms with van der Waals surface area (Å²) in [6.45, 7) is 2.04. The molecule has 2 fully saturated rings. The number of hydrogen-bond acceptors (Lipinski definition) is 2. The van der Waals surface area contributed by atoms with Gasteiger partial charge in [-0.2, -0.15) is 0 Å². The van der Waals surface area contributed by atoms with Crippen LogP contribution in [0.2, 0.25) is 0 Å². The standard InChI is InChI=1S/C15H20N2O/c1-10-2-4-11(5-3-10)15(18)17-13-6-7-14(17)9-12(16)8-13/h2-5,12-14H,6-9,16H2,1H3. The highest BCUT2D eigenvalue weighted by atomic mass is 16.2. The molecule has 0 aliphatic carbocycles. The molecule has 0 aromatic heterocycles. The van der Waals surface area contributed by atoms with E-state index in [0.29, 0.717) is 12.1 Å². The second kappa shape index (κ2) is 4.39. The molecule has 3 nitrogen and oxygen atoms in total. The molecular formula is C15H20N2O. The number of hydrogen-bond donors (Lipinski definition) is 1. The number of nitrogens with zero attached hydrogens (tertiary/aromatic N) is 1. The second-order valence-corrected chi connectivity index (χ2v) is 5.69. The quantitative estimate of drug-likeness (QED) is 0.822. The maximum atomic E-state index is 12.6. The van der Waals surface area contributed by atoms with E-state index in [0.717, 1.165) is 31.2 Å². The van der Waals surface area contributed by atoms with Crippen LogP contribution in [-0.2, 0) is 0 Å². The number of rotatable bonds is 1. The van der Waals surface area contributed by atoms with Gasteiger partial charge in [0.1, 0.15) is 0 Å². The fraction of sp³-hybridized carbons (Fsp3) is 0.533. The highest BCUT2D eigenvalue weighted by Gasteiger charge is 2.42. The lowest BCUT2D eigenvalue weighted by Crippen LogP contribution is -2.50. The molecule has 18 heavy (non-hydrogen) atoms. The Morgan fingerprint density at radius 1 is 1.17 bits per heavy atom. The summed E-state index contributed by atoms with van der Waals surface area (Å²) in [5, 5.41) is 0. The van der Waals surface area contributed by atoms with E-state index in [2.05, 4.69) is 4.90 Å². The normalized spacial score (nSPS) is 30.6. The molecule has 2 unspecified atom stereocenters. The van der Waals surface area contributed by atoms with E-state index in [1.807, 2.05) is 31.2 Å². The van der Waals surface area contributed by atoms with Crippen LogP contribution < -0.4 is 5.73 Å². The Kier molecular flexibility index (Phi) is 2.86. The fourth-order valence-corrected chi connectivity index (χ4v) is 3.40. The number of benzene rings is 1. The van der Waals surface area contributed by atoms with Gasteiger partial charge in [0.15, 0.2) is 0 Å². The first kappa shape index (κ1) is 11.7. The summed E-state index contributed by atoms with van der Waals surface area (Å²) in [5.74, 6) is 0.189. The highest BCUT2D eigenvalue weighted by Crippen LogP contribution is 2.36. The van der Waals surface area contributed by atoms with Gasteiger partial charge in [0.2, 0.25) is 0 Å².